The summed E-state index contributed by atoms with van der Waals surface area (Å²) in [6.07, 6.45) is 0. The third kappa shape index (κ3) is 4.19. The van der Waals surface area contributed by atoms with Crippen LogP contribution in [0.3, 0.4) is 0 Å². The van der Waals surface area contributed by atoms with Crippen LogP contribution in [0.15, 0.2) is 60.0 Å². The molecule has 10 nitrogen and oxygen atoms in total. The lowest BCUT2D eigenvalue weighted by Gasteiger charge is -2.20. The van der Waals surface area contributed by atoms with Gasteiger partial charge in [-0.2, -0.15) is 4.98 Å². The normalized spacial score (nSPS) is 12.6. The lowest BCUT2D eigenvalue weighted by molar-refractivity contribution is -0.385. The van der Waals surface area contributed by atoms with E-state index in [1.165, 1.54) is 23.5 Å². The Morgan fingerprint density at radius 1 is 1.21 bits per heavy atom. The van der Waals surface area contributed by atoms with E-state index in [0.29, 0.717) is 22.7 Å². The molecule has 2 aromatic carbocycles. The Balaban J connectivity index is 1.43. The van der Waals surface area contributed by atoms with Gasteiger partial charge >= 0.3 is 5.97 Å². The highest BCUT2D eigenvalue weighted by atomic mass is 32.1. The first kappa shape index (κ1) is 20.8. The molecule has 3 heterocycles. The zero-order chi connectivity index (χ0) is 22.8. The molecular formula is C22H16N4O6S. The smallest absolute Gasteiger partial charge is 0.378 e. The van der Waals surface area contributed by atoms with Crippen molar-refractivity contribution in [3.05, 3.63) is 87.0 Å². The molecule has 1 aliphatic heterocycles. The van der Waals surface area contributed by atoms with Gasteiger partial charge in [-0.15, -0.1) is 16.4 Å². The molecule has 0 fully saturated rings. The van der Waals surface area contributed by atoms with Gasteiger partial charge in [0.25, 0.3) is 11.5 Å². The number of benzene rings is 2. The number of esters is 1. The van der Waals surface area contributed by atoms with Crippen LogP contribution in [0.4, 0.5) is 5.69 Å². The first-order valence-electron chi connectivity index (χ1n) is 9.84. The number of rotatable bonds is 6. The SMILES string of the molecule is O=C(OCc1cc([N+](=O)[O-])cc2c1OCOC2)c1nc(-c2cccs2)n(-c2ccccc2)n1. The minimum atomic E-state index is -0.755. The zero-order valence-electron chi connectivity index (χ0n) is 17.0. The number of nitro groups is 1. The third-order valence-corrected chi connectivity index (χ3v) is 5.74. The predicted octanol–water partition coefficient (Wildman–Crippen LogP) is 4.13. The topological polar surface area (TPSA) is 119 Å². The van der Waals surface area contributed by atoms with Gasteiger partial charge in [-0.25, -0.2) is 9.48 Å². The molecule has 0 atom stereocenters. The number of carbonyl (C=O) groups excluding carboxylic acids is 1. The van der Waals surface area contributed by atoms with Crippen LogP contribution in [-0.4, -0.2) is 32.5 Å². The molecule has 0 radical (unpaired) electrons. The number of hydrogen-bond donors (Lipinski definition) is 0. The first-order chi connectivity index (χ1) is 16.1. The third-order valence-electron chi connectivity index (χ3n) is 4.87. The quantitative estimate of drug-likeness (QED) is 0.237. The lowest BCUT2D eigenvalue weighted by atomic mass is 10.1. The summed E-state index contributed by atoms with van der Waals surface area (Å²) in [7, 11) is 0. The highest BCUT2D eigenvalue weighted by Crippen LogP contribution is 2.33. The van der Waals surface area contributed by atoms with Gasteiger partial charge in [-0.05, 0) is 23.6 Å². The molecule has 1 aliphatic rings. The molecule has 0 aliphatic carbocycles. The van der Waals surface area contributed by atoms with Crippen molar-refractivity contribution in [1.29, 1.82) is 0 Å². The van der Waals surface area contributed by atoms with Gasteiger partial charge in [-0.3, -0.25) is 10.1 Å². The van der Waals surface area contributed by atoms with Crippen molar-refractivity contribution in [3.8, 4) is 22.1 Å². The molecule has 11 heteroatoms. The van der Waals surface area contributed by atoms with Crippen molar-refractivity contribution in [2.24, 2.45) is 0 Å². The van der Waals surface area contributed by atoms with Crippen molar-refractivity contribution >= 4 is 23.0 Å². The minimum Gasteiger partial charge on any atom is -0.467 e. The number of hydrogen-bond acceptors (Lipinski definition) is 9. The van der Waals surface area contributed by atoms with E-state index in [2.05, 4.69) is 10.1 Å². The molecule has 0 saturated carbocycles. The van der Waals surface area contributed by atoms with Crippen LogP contribution < -0.4 is 4.74 Å². The summed E-state index contributed by atoms with van der Waals surface area (Å²) in [5.74, 6) is 0.0543. The molecule has 2 aromatic heterocycles. The first-order valence-corrected chi connectivity index (χ1v) is 10.7. The molecule has 0 bridgehead atoms. The Morgan fingerprint density at radius 3 is 2.82 bits per heavy atom. The van der Waals surface area contributed by atoms with Gasteiger partial charge in [-0.1, -0.05) is 24.3 Å². The van der Waals surface area contributed by atoms with E-state index >= 15 is 0 Å². The Hall–Kier alpha value is -4.09. The highest BCUT2D eigenvalue weighted by molar-refractivity contribution is 7.13. The summed E-state index contributed by atoms with van der Waals surface area (Å²) in [6.45, 7) is -0.0544. The summed E-state index contributed by atoms with van der Waals surface area (Å²) in [6, 6.07) is 15.8. The summed E-state index contributed by atoms with van der Waals surface area (Å²) in [5, 5.41) is 17.5. The van der Waals surface area contributed by atoms with E-state index in [1.807, 2.05) is 47.8 Å². The Kier molecular flexibility index (Phi) is 5.55. The second-order valence-electron chi connectivity index (χ2n) is 7.02. The fourth-order valence-corrected chi connectivity index (χ4v) is 4.11. The fourth-order valence-electron chi connectivity index (χ4n) is 3.41. The maximum absolute atomic E-state index is 12.8. The predicted molar refractivity (Wildman–Crippen MR) is 117 cm³/mol. The van der Waals surface area contributed by atoms with Crippen LogP contribution in [0.2, 0.25) is 0 Å². The van der Waals surface area contributed by atoms with Crippen molar-refractivity contribution in [2.45, 2.75) is 13.2 Å². The van der Waals surface area contributed by atoms with E-state index in [-0.39, 0.29) is 31.5 Å². The number of thiophene rings is 1. The van der Waals surface area contributed by atoms with E-state index in [9.17, 15) is 14.9 Å². The molecule has 4 aromatic rings. The van der Waals surface area contributed by atoms with Gasteiger partial charge < -0.3 is 14.2 Å². The molecule has 0 saturated heterocycles. The summed E-state index contributed by atoms with van der Waals surface area (Å²) < 4.78 is 17.7. The van der Waals surface area contributed by atoms with Gasteiger partial charge in [0, 0.05) is 23.3 Å². The molecule has 166 valence electrons. The number of fused-ring (bicyclic) bond motifs is 1. The van der Waals surface area contributed by atoms with Crippen molar-refractivity contribution in [1.82, 2.24) is 14.8 Å². The second kappa shape index (κ2) is 8.81. The average Bonchev–Trinajstić information content (AvgIpc) is 3.53. The largest absolute Gasteiger partial charge is 0.467 e. The summed E-state index contributed by atoms with van der Waals surface area (Å²) >= 11 is 1.47. The van der Waals surface area contributed by atoms with Gasteiger partial charge in [0.1, 0.15) is 12.4 Å². The number of para-hydroxylation sites is 1. The lowest BCUT2D eigenvalue weighted by Crippen LogP contribution is -2.15. The van der Waals surface area contributed by atoms with Crippen LogP contribution >= 0.6 is 11.3 Å². The molecule has 33 heavy (non-hydrogen) atoms. The monoisotopic (exact) mass is 464 g/mol. The minimum absolute atomic E-state index is 0.0129. The van der Waals surface area contributed by atoms with Crippen molar-refractivity contribution in [3.63, 3.8) is 0 Å². The molecule has 0 unspecified atom stereocenters. The van der Waals surface area contributed by atoms with Crippen molar-refractivity contribution in [2.75, 3.05) is 6.79 Å². The highest BCUT2D eigenvalue weighted by Gasteiger charge is 2.24. The maximum Gasteiger partial charge on any atom is 0.378 e. The maximum atomic E-state index is 12.8. The second-order valence-corrected chi connectivity index (χ2v) is 7.97. The number of nitro benzene ring substituents is 1. The molecular weight excluding hydrogens is 448 g/mol. The summed E-state index contributed by atoms with van der Waals surface area (Å²) in [4.78, 5) is 28.8. The Morgan fingerprint density at radius 2 is 2.06 bits per heavy atom. The van der Waals surface area contributed by atoms with Crippen LogP contribution in [0.5, 0.6) is 5.75 Å². The molecule has 0 N–H and O–H groups in total. The van der Waals surface area contributed by atoms with Crippen LogP contribution in [-0.2, 0) is 22.7 Å². The fraction of sp³-hybridized carbons (Fsp3) is 0.136. The van der Waals surface area contributed by atoms with E-state index in [0.717, 1.165) is 10.6 Å². The van der Waals surface area contributed by atoms with Gasteiger partial charge in [0.05, 0.1) is 22.1 Å². The van der Waals surface area contributed by atoms with Crippen LogP contribution in [0.1, 0.15) is 21.7 Å². The average molecular weight is 464 g/mol. The van der Waals surface area contributed by atoms with E-state index < -0.39 is 10.9 Å². The Labute approximate surface area is 191 Å². The number of carbonyl (C=O) groups is 1. The molecule has 0 amide bonds. The molecule has 0 spiro atoms. The van der Waals surface area contributed by atoms with Crippen LogP contribution in [0, 0.1) is 10.1 Å². The van der Waals surface area contributed by atoms with E-state index in [4.69, 9.17) is 14.2 Å². The summed E-state index contributed by atoms with van der Waals surface area (Å²) in [5.41, 5.74) is 1.50. The van der Waals surface area contributed by atoms with Crippen molar-refractivity contribution < 1.29 is 23.9 Å². The van der Waals surface area contributed by atoms with Crippen LogP contribution in [0.25, 0.3) is 16.4 Å². The van der Waals surface area contributed by atoms with Gasteiger partial charge in [0.2, 0.25) is 0 Å². The standard InChI is InChI=1S/C22H16N4O6S/c27-22(31-12-15-10-17(26(28)29)9-14-11-30-13-32-19(14)15)20-23-21(18-7-4-8-33-18)25(24-20)16-5-2-1-3-6-16/h1-10H,11-13H2. The number of non-ortho nitro benzene ring substituents is 1. The number of aromatic nitrogens is 3. The zero-order valence-corrected chi connectivity index (χ0v) is 17.9. The number of nitrogens with zero attached hydrogens (tertiary/aromatic N) is 4. The Bertz CT molecular complexity index is 1320. The van der Waals surface area contributed by atoms with Gasteiger partial charge in [0.15, 0.2) is 12.6 Å². The molecule has 5 rings (SSSR count). The number of ether oxygens (including phenoxy) is 3. The van der Waals surface area contributed by atoms with E-state index in [1.54, 1.807) is 4.68 Å².